The Labute approximate surface area is 127 Å². The lowest BCUT2D eigenvalue weighted by Gasteiger charge is -2.12. The van der Waals surface area contributed by atoms with Gasteiger partial charge in [0.25, 0.3) is 16.0 Å². The van der Waals surface area contributed by atoms with Gasteiger partial charge >= 0.3 is 0 Å². The Morgan fingerprint density at radius 3 is 2.55 bits per heavy atom. The molecule has 1 heterocycles. The predicted octanol–water partition coefficient (Wildman–Crippen LogP) is 0.215. The quantitative estimate of drug-likeness (QED) is 0.752. The number of hydrogen-bond donors (Lipinski definition) is 2. The van der Waals surface area contributed by atoms with Crippen LogP contribution >= 0.6 is 0 Å². The van der Waals surface area contributed by atoms with Crippen molar-refractivity contribution in [2.24, 2.45) is 5.10 Å². The number of amides is 2. The zero-order chi connectivity index (χ0) is 16.2. The van der Waals surface area contributed by atoms with Crippen LogP contribution in [0.4, 0.5) is 5.69 Å². The summed E-state index contributed by atoms with van der Waals surface area (Å²) in [6.45, 7) is -0.570. The Morgan fingerprint density at radius 2 is 2.00 bits per heavy atom. The monoisotopic (exact) mass is 325 g/mol. The molecule has 0 radical (unpaired) electrons. The van der Waals surface area contributed by atoms with Crippen molar-refractivity contribution in [1.29, 1.82) is 0 Å². The third kappa shape index (κ3) is 4.93. The van der Waals surface area contributed by atoms with E-state index in [1.165, 1.54) is 0 Å². The van der Waals surface area contributed by atoms with Gasteiger partial charge in [-0.15, -0.1) is 0 Å². The molecule has 0 unspecified atom stereocenters. The van der Waals surface area contributed by atoms with E-state index in [2.05, 4.69) is 20.0 Å². The lowest BCUT2D eigenvalue weighted by molar-refractivity contribution is -0.121. The van der Waals surface area contributed by atoms with E-state index in [1.807, 2.05) is 0 Å². The first-order chi connectivity index (χ1) is 10.3. The van der Waals surface area contributed by atoms with E-state index in [0.717, 1.165) is 17.5 Å². The molecule has 0 aromatic heterocycles. The van der Waals surface area contributed by atoms with Crippen molar-refractivity contribution in [2.45, 2.75) is 12.8 Å². The SMILES string of the molecule is CS(=O)(=O)OCC(=O)Nc1ccc(C2=NNC(=O)CC2)cc1. The largest absolute Gasteiger partial charge is 0.324 e. The Balaban J connectivity index is 1.95. The average Bonchev–Trinajstić information content (AvgIpc) is 2.46. The third-order valence-corrected chi connectivity index (χ3v) is 3.36. The van der Waals surface area contributed by atoms with E-state index in [9.17, 15) is 18.0 Å². The van der Waals surface area contributed by atoms with Gasteiger partial charge in [0, 0.05) is 18.5 Å². The van der Waals surface area contributed by atoms with Crippen LogP contribution in [-0.2, 0) is 23.9 Å². The summed E-state index contributed by atoms with van der Waals surface area (Å²) in [5.41, 5.74) is 4.52. The number of hydrogen-bond acceptors (Lipinski definition) is 6. The lowest BCUT2D eigenvalue weighted by atomic mass is 10.0. The van der Waals surface area contributed by atoms with Crippen LogP contribution in [-0.4, -0.2) is 38.8 Å². The van der Waals surface area contributed by atoms with Gasteiger partial charge in [0.1, 0.15) is 6.61 Å². The molecule has 118 valence electrons. The smallest absolute Gasteiger partial charge is 0.264 e. The Hall–Kier alpha value is -2.26. The van der Waals surface area contributed by atoms with Gasteiger partial charge in [-0.2, -0.15) is 13.5 Å². The number of anilines is 1. The maximum absolute atomic E-state index is 11.5. The summed E-state index contributed by atoms with van der Waals surface area (Å²) in [4.78, 5) is 22.5. The predicted molar refractivity (Wildman–Crippen MR) is 79.8 cm³/mol. The second kappa shape index (κ2) is 6.67. The van der Waals surface area contributed by atoms with Crippen molar-refractivity contribution in [2.75, 3.05) is 18.2 Å². The number of hydrazone groups is 1. The number of nitrogens with zero attached hydrogens (tertiary/aromatic N) is 1. The summed E-state index contributed by atoms with van der Waals surface area (Å²) >= 11 is 0. The molecule has 9 heteroatoms. The topological polar surface area (TPSA) is 114 Å². The van der Waals surface area contributed by atoms with Crippen LogP contribution in [0.2, 0.25) is 0 Å². The van der Waals surface area contributed by atoms with Crippen molar-refractivity contribution in [3.8, 4) is 0 Å². The first-order valence-electron chi connectivity index (χ1n) is 6.43. The molecule has 1 aliphatic rings. The highest BCUT2D eigenvalue weighted by molar-refractivity contribution is 7.86. The molecule has 0 fully saturated rings. The van der Waals surface area contributed by atoms with E-state index in [-0.39, 0.29) is 5.91 Å². The van der Waals surface area contributed by atoms with Crippen LogP contribution in [0.3, 0.4) is 0 Å². The summed E-state index contributed by atoms with van der Waals surface area (Å²) in [6, 6.07) is 6.83. The van der Waals surface area contributed by atoms with Crippen LogP contribution in [0.1, 0.15) is 18.4 Å². The maximum atomic E-state index is 11.5. The average molecular weight is 325 g/mol. The van der Waals surface area contributed by atoms with Gasteiger partial charge in [-0.25, -0.2) is 5.43 Å². The molecule has 1 aromatic rings. The van der Waals surface area contributed by atoms with E-state index in [0.29, 0.717) is 18.5 Å². The molecule has 0 spiro atoms. The number of carbonyl (C=O) groups is 2. The van der Waals surface area contributed by atoms with E-state index in [1.54, 1.807) is 24.3 Å². The molecule has 2 amide bonds. The fourth-order valence-electron chi connectivity index (χ4n) is 1.79. The molecule has 0 saturated heterocycles. The van der Waals surface area contributed by atoms with Crippen molar-refractivity contribution >= 4 is 33.3 Å². The highest BCUT2D eigenvalue weighted by atomic mass is 32.2. The summed E-state index contributed by atoms with van der Waals surface area (Å²) in [5, 5.41) is 6.48. The highest BCUT2D eigenvalue weighted by Crippen LogP contribution is 2.14. The van der Waals surface area contributed by atoms with Crippen LogP contribution in [0.5, 0.6) is 0 Å². The van der Waals surface area contributed by atoms with Gasteiger partial charge in [0.05, 0.1) is 12.0 Å². The van der Waals surface area contributed by atoms with Crippen LogP contribution in [0.15, 0.2) is 29.4 Å². The second-order valence-electron chi connectivity index (χ2n) is 4.69. The number of carbonyl (C=O) groups excluding carboxylic acids is 2. The summed E-state index contributed by atoms with van der Waals surface area (Å²) in [6.07, 6.45) is 1.82. The minimum absolute atomic E-state index is 0.112. The second-order valence-corrected chi connectivity index (χ2v) is 6.33. The van der Waals surface area contributed by atoms with Crippen molar-refractivity contribution in [1.82, 2.24) is 5.43 Å². The minimum atomic E-state index is -3.65. The van der Waals surface area contributed by atoms with Gasteiger partial charge in [-0.1, -0.05) is 12.1 Å². The van der Waals surface area contributed by atoms with Crippen molar-refractivity contribution in [3.63, 3.8) is 0 Å². The minimum Gasteiger partial charge on any atom is -0.324 e. The highest BCUT2D eigenvalue weighted by Gasteiger charge is 2.13. The fraction of sp³-hybridized carbons (Fsp3) is 0.308. The van der Waals surface area contributed by atoms with Gasteiger partial charge in [-0.05, 0) is 17.7 Å². The summed E-state index contributed by atoms with van der Waals surface area (Å²) in [5.74, 6) is -0.682. The van der Waals surface area contributed by atoms with Crippen molar-refractivity contribution in [3.05, 3.63) is 29.8 Å². The summed E-state index contributed by atoms with van der Waals surface area (Å²) < 4.78 is 26.0. The Morgan fingerprint density at radius 1 is 1.32 bits per heavy atom. The molecular formula is C13H15N3O5S. The van der Waals surface area contributed by atoms with Crippen molar-refractivity contribution < 1.29 is 22.2 Å². The molecule has 0 bridgehead atoms. The molecule has 2 N–H and O–H groups in total. The van der Waals surface area contributed by atoms with Crippen LogP contribution < -0.4 is 10.7 Å². The van der Waals surface area contributed by atoms with Gasteiger partial charge < -0.3 is 5.32 Å². The van der Waals surface area contributed by atoms with Gasteiger partial charge in [0.15, 0.2) is 0 Å². The van der Waals surface area contributed by atoms with E-state index in [4.69, 9.17) is 0 Å². The van der Waals surface area contributed by atoms with Gasteiger partial charge in [0.2, 0.25) is 5.91 Å². The van der Waals surface area contributed by atoms with E-state index >= 15 is 0 Å². The molecule has 0 aliphatic carbocycles. The molecule has 1 aliphatic heterocycles. The zero-order valence-electron chi connectivity index (χ0n) is 11.8. The molecule has 2 rings (SSSR count). The molecule has 0 atom stereocenters. The zero-order valence-corrected chi connectivity index (χ0v) is 12.6. The summed E-state index contributed by atoms with van der Waals surface area (Å²) in [7, 11) is -3.65. The van der Waals surface area contributed by atoms with Crippen LogP contribution in [0, 0.1) is 0 Å². The van der Waals surface area contributed by atoms with E-state index < -0.39 is 22.6 Å². The van der Waals surface area contributed by atoms with Crippen LogP contribution in [0.25, 0.3) is 0 Å². The lowest BCUT2D eigenvalue weighted by Crippen LogP contribution is -2.25. The first kappa shape index (κ1) is 16.1. The Kier molecular flexibility index (Phi) is 4.88. The molecular weight excluding hydrogens is 310 g/mol. The molecule has 0 saturated carbocycles. The third-order valence-electron chi connectivity index (χ3n) is 2.81. The Bertz CT molecular complexity index is 710. The van der Waals surface area contributed by atoms with Gasteiger partial charge in [-0.3, -0.25) is 13.8 Å². The number of rotatable bonds is 5. The molecule has 22 heavy (non-hydrogen) atoms. The molecule has 1 aromatic carbocycles. The number of benzene rings is 1. The standard InChI is InChI=1S/C13H15N3O5S/c1-22(19,20)21-8-13(18)14-10-4-2-9(3-5-10)11-6-7-12(17)16-15-11/h2-5H,6-8H2,1H3,(H,14,18)(H,16,17). The fourth-order valence-corrected chi connectivity index (χ4v) is 2.11. The maximum Gasteiger partial charge on any atom is 0.264 e. The normalized spacial score (nSPS) is 15.0. The first-order valence-corrected chi connectivity index (χ1v) is 8.25. The number of nitrogens with one attached hydrogen (secondary N) is 2. The molecule has 8 nitrogen and oxygen atoms in total.